The van der Waals surface area contributed by atoms with E-state index in [0.29, 0.717) is 19.0 Å². The number of nitrogens with one attached hydrogen (secondary N) is 1. The second-order valence-corrected chi connectivity index (χ2v) is 6.66. The average Bonchev–Trinajstić information content (AvgIpc) is 2.76. The summed E-state index contributed by atoms with van der Waals surface area (Å²) in [5.74, 6) is 0.143. The average molecular weight is 315 g/mol. The van der Waals surface area contributed by atoms with Crippen molar-refractivity contribution in [3.8, 4) is 0 Å². The highest BCUT2D eigenvalue weighted by atomic mass is 16.2. The van der Waals surface area contributed by atoms with Crippen LogP contribution in [0.4, 0.5) is 0 Å². The van der Waals surface area contributed by atoms with E-state index >= 15 is 0 Å². The van der Waals surface area contributed by atoms with Gasteiger partial charge in [-0.3, -0.25) is 14.6 Å². The summed E-state index contributed by atoms with van der Waals surface area (Å²) >= 11 is 0. The first kappa shape index (κ1) is 16.0. The molecule has 0 spiro atoms. The van der Waals surface area contributed by atoms with Crippen molar-refractivity contribution in [2.75, 3.05) is 6.54 Å². The highest BCUT2D eigenvalue weighted by molar-refractivity contribution is 5.83. The van der Waals surface area contributed by atoms with Crippen LogP contribution in [0.3, 0.4) is 0 Å². The molecule has 0 bridgehead atoms. The van der Waals surface area contributed by atoms with E-state index in [1.54, 1.807) is 6.20 Å². The predicted molar refractivity (Wildman–Crippen MR) is 87.7 cm³/mol. The molecule has 23 heavy (non-hydrogen) atoms. The summed E-state index contributed by atoms with van der Waals surface area (Å²) in [6.07, 6.45) is 9.61. The van der Waals surface area contributed by atoms with Crippen molar-refractivity contribution in [3.63, 3.8) is 0 Å². The molecule has 2 amide bonds. The molecule has 1 aromatic heterocycles. The molecule has 2 aliphatic rings. The number of carbonyl (C=O) groups excluding carboxylic acids is 2. The lowest BCUT2D eigenvalue weighted by Gasteiger charge is -2.27. The summed E-state index contributed by atoms with van der Waals surface area (Å²) in [6.45, 7) is 0.664. The van der Waals surface area contributed by atoms with Gasteiger partial charge in [-0.25, -0.2) is 0 Å². The molecule has 5 nitrogen and oxygen atoms in total. The van der Waals surface area contributed by atoms with Gasteiger partial charge in [-0.1, -0.05) is 31.7 Å². The zero-order chi connectivity index (χ0) is 16.1. The van der Waals surface area contributed by atoms with Crippen molar-refractivity contribution in [2.45, 2.75) is 63.5 Å². The Kier molecular flexibility index (Phi) is 5.26. The molecule has 0 unspecified atom stereocenters. The molecule has 0 radical (unpaired) electrons. The first-order valence-corrected chi connectivity index (χ1v) is 8.71. The number of likely N-dealkylation sites (tertiary alicyclic amines) is 1. The van der Waals surface area contributed by atoms with E-state index in [2.05, 4.69) is 10.3 Å². The topological polar surface area (TPSA) is 62.3 Å². The first-order valence-electron chi connectivity index (χ1n) is 8.71. The largest absolute Gasteiger partial charge is 0.351 e. The van der Waals surface area contributed by atoms with Crippen LogP contribution in [0.1, 0.15) is 50.6 Å². The Bertz CT molecular complexity index is 538. The number of rotatable bonds is 4. The molecule has 5 heteroatoms. The Balaban J connectivity index is 1.51. The third-order valence-electron chi connectivity index (χ3n) is 4.86. The molecular formula is C18H25N3O2. The van der Waals surface area contributed by atoms with E-state index in [0.717, 1.165) is 18.5 Å². The molecule has 1 N–H and O–H groups in total. The Morgan fingerprint density at radius 1 is 1.22 bits per heavy atom. The van der Waals surface area contributed by atoms with Crippen LogP contribution in [-0.2, 0) is 16.0 Å². The van der Waals surface area contributed by atoms with Crippen molar-refractivity contribution in [1.82, 2.24) is 15.2 Å². The number of carbonyl (C=O) groups is 2. The van der Waals surface area contributed by atoms with Crippen molar-refractivity contribution in [1.29, 1.82) is 0 Å². The third kappa shape index (κ3) is 4.30. The van der Waals surface area contributed by atoms with Crippen LogP contribution in [0.2, 0.25) is 0 Å². The summed E-state index contributed by atoms with van der Waals surface area (Å²) in [4.78, 5) is 30.6. The predicted octanol–water partition coefficient (Wildman–Crippen LogP) is 2.06. The van der Waals surface area contributed by atoms with Crippen molar-refractivity contribution in [3.05, 3.63) is 30.1 Å². The normalized spacial score (nSPS) is 22.9. The standard InChI is InChI=1S/C18H25N3O2/c22-17(11-14-7-5-6-10-19-14)20-15-12-18(23)21(13-15)16-8-3-1-2-4-9-16/h5-7,10,15-16H,1-4,8-9,11-13H2,(H,20,22)/t15-/m0/s1. The molecule has 2 heterocycles. The fourth-order valence-electron chi connectivity index (χ4n) is 3.70. The van der Waals surface area contributed by atoms with Crippen LogP contribution in [0.25, 0.3) is 0 Å². The number of amides is 2. The van der Waals surface area contributed by atoms with E-state index in [4.69, 9.17) is 0 Å². The molecule has 3 rings (SSSR count). The van der Waals surface area contributed by atoms with Gasteiger partial charge in [-0.15, -0.1) is 0 Å². The Hall–Kier alpha value is -1.91. The minimum Gasteiger partial charge on any atom is -0.351 e. The van der Waals surface area contributed by atoms with Gasteiger partial charge in [0.1, 0.15) is 0 Å². The second-order valence-electron chi connectivity index (χ2n) is 6.66. The maximum absolute atomic E-state index is 12.3. The monoisotopic (exact) mass is 315 g/mol. The van der Waals surface area contributed by atoms with Crippen molar-refractivity contribution >= 4 is 11.8 Å². The van der Waals surface area contributed by atoms with Crippen LogP contribution in [0.15, 0.2) is 24.4 Å². The number of pyridine rings is 1. The SMILES string of the molecule is O=C(Cc1ccccn1)N[C@H]1CC(=O)N(C2CCCCCC2)C1. The highest BCUT2D eigenvalue weighted by Crippen LogP contribution is 2.25. The molecule has 1 aromatic rings. The van der Waals surface area contributed by atoms with Gasteiger partial charge in [-0.05, 0) is 25.0 Å². The molecule has 1 atom stereocenters. The maximum atomic E-state index is 12.3. The van der Waals surface area contributed by atoms with Gasteiger partial charge >= 0.3 is 0 Å². The quantitative estimate of drug-likeness (QED) is 0.865. The zero-order valence-electron chi connectivity index (χ0n) is 13.5. The molecule has 1 saturated heterocycles. The van der Waals surface area contributed by atoms with Crippen LogP contribution in [0, 0.1) is 0 Å². The number of aromatic nitrogens is 1. The summed E-state index contributed by atoms with van der Waals surface area (Å²) < 4.78 is 0. The summed E-state index contributed by atoms with van der Waals surface area (Å²) in [7, 11) is 0. The lowest BCUT2D eigenvalue weighted by molar-refractivity contribution is -0.129. The van der Waals surface area contributed by atoms with Crippen LogP contribution >= 0.6 is 0 Å². The van der Waals surface area contributed by atoms with Gasteiger partial charge in [0.2, 0.25) is 11.8 Å². The molecule has 1 aliphatic heterocycles. The number of hydrogen-bond donors (Lipinski definition) is 1. The minimum atomic E-state index is -0.0537. The fraction of sp³-hybridized carbons (Fsp3) is 0.611. The third-order valence-corrected chi connectivity index (χ3v) is 4.86. The Morgan fingerprint density at radius 3 is 2.70 bits per heavy atom. The van der Waals surface area contributed by atoms with Gasteiger partial charge in [-0.2, -0.15) is 0 Å². The molecule has 2 fully saturated rings. The van der Waals surface area contributed by atoms with Crippen LogP contribution in [-0.4, -0.2) is 40.3 Å². The lowest BCUT2D eigenvalue weighted by Crippen LogP contribution is -2.41. The highest BCUT2D eigenvalue weighted by Gasteiger charge is 2.34. The van der Waals surface area contributed by atoms with Crippen molar-refractivity contribution < 1.29 is 9.59 Å². The minimum absolute atomic E-state index is 0.0517. The maximum Gasteiger partial charge on any atom is 0.226 e. The number of nitrogens with zero attached hydrogens (tertiary/aromatic N) is 2. The van der Waals surface area contributed by atoms with E-state index in [1.807, 2.05) is 23.1 Å². The van der Waals surface area contributed by atoms with E-state index in [9.17, 15) is 9.59 Å². The summed E-state index contributed by atoms with van der Waals surface area (Å²) in [6, 6.07) is 5.88. The number of hydrogen-bond acceptors (Lipinski definition) is 3. The molecule has 1 aliphatic carbocycles. The smallest absolute Gasteiger partial charge is 0.226 e. The van der Waals surface area contributed by atoms with Gasteiger partial charge in [0, 0.05) is 30.9 Å². The van der Waals surface area contributed by atoms with Gasteiger partial charge in [0.25, 0.3) is 0 Å². The van der Waals surface area contributed by atoms with Crippen LogP contribution in [0.5, 0.6) is 0 Å². The van der Waals surface area contributed by atoms with Crippen LogP contribution < -0.4 is 5.32 Å². The Labute approximate surface area is 137 Å². The summed E-state index contributed by atoms with van der Waals surface area (Å²) in [5.41, 5.74) is 0.759. The van der Waals surface area contributed by atoms with Gasteiger partial charge in [0.15, 0.2) is 0 Å². The molecule has 124 valence electrons. The second kappa shape index (κ2) is 7.57. The van der Waals surface area contributed by atoms with E-state index in [-0.39, 0.29) is 24.3 Å². The first-order chi connectivity index (χ1) is 11.2. The summed E-state index contributed by atoms with van der Waals surface area (Å²) in [5, 5.41) is 3.00. The van der Waals surface area contributed by atoms with Crippen molar-refractivity contribution in [2.24, 2.45) is 0 Å². The van der Waals surface area contributed by atoms with Gasteiger partial charge in [0.05, 0.1) is 12.5 Å². The van der Waals surface area contributed by atoms with E-state index < -0.39 is 0 Å². The molecule has 1 saturated carbocycles. The van der Waals surface area contributed by atoms with E-state index in [1.165, 1.54) is 25.7 Å². The molecular weight excluding hydrogens is 290 g/mol. The van der Waals surface area contributed by atoms with Gasteiger partial charge < -0.3 is 10.2 Å². The fourth-order valence-corrected chi connectivity index (χ4v) is 3.70. The molecule has 0 aromatic carbocycles. The Morgan fingerprint density at radius 2 is 2.00 bits per heavy atom. The lowest BCUT2D eigenvalue weighted by atomic mass is 10.1. The zero-order valence-corrected chi connectivity index (χ0v) is 13.5.